The van der Waals surface area contributed by atoms with Gasteiger partial charge in [0.2, 0.25) is 0 Å². The van der Waals surface area contributed by atoms with Gasteiger partial charge in [0, 0.05) is 15.6 Å². The van der Waals surface area contributed by atoms with E-state index in [1.165, 1.54) is 0 Å². The fraction of sp³-hybridized carbons (Fsp3) is 0.250. The molecule has 0 aliphatic heterocycles. The molecule has 0 aliphatic carbocycles. The number of benzene rings is 1. The van der Waals surface area contributed by atoms with E-state index in [0.29, 0.717) is 15.6 Å². The molecule has 0 saturated carbocycles. The maximum Gasteiger partial charge on any atom is 0.117 e. The minimum absolute atomic E-state index is 0.444. The summed E-state index contributed by atoms with van der Waals surface area (Å²) in [6.07, 6.45) is -0.792. The summed E-state index contributed by atoms with van der Waals surface area (Å²) in [4.78, 5) is 0. The normalized spacial score (nSPS) is 13.1. The van der Waals surface area contributed by atoms with Gasteiger partial charge < -0.3 is 0 Å². The molecular weight excluding hydrogens is 183 g/mol. The van der Waals surface area contributed by atoms with E-state index in [-0.39, 0.29) is 0 Å². The molecule has 0 bridgehead atoms. The molecule has 1 aromatic rings. The van der Waals surface area contributed by atoms with Gasteiger partial charge in [-0.3, -0.25) is 0 Å². The molecule has 0 saturated heterocycles. The standard InChI is InChI=1S/C8H7Cl2O/c1-5(11)7-3-2-6(9)4-8(7)10/h2-5H,1H3. The summed E-state index contributed by atoms with van der Waals surface area (Å²) < 4.78 is 0. The molecule has 1 atom stereocenters. The molecule has 11 heavy (non-hydrogen) atoms. The van der Waals surface area contributed by atoms with Crippen LogP contribution in [0.4, 0.5) is 0 Å². The van der Waals surface area contributed by atoms with Gasteiger partial charge in [0.05, 0.1) is 0 Å². The molecule has 59 valence electrons. The first kappa shape index (κ1) is 8.85. The molecule has 1 aromatic carbocycles. The molecule has 0 amide bonds. The zero-order chi connectivity index (χ0) is 8.43. The first-order valence-electron chi connectivity index (χ1n) is 3.22. The monoisotopic (exact) mass is 189 g/mol. The predicted octanol–water partition coefficient (Wildman–Crippen LogP) is 3.48. The third-order valence-corrected chi connectivity index (χ3v) is 1.96. The van der Waals surface area contributed by atoms with E-state index in [2.05, 4.69) is 0 Å². The summed E-state index contributed by atoms with van der Waals surface area (Å²) in [6, 6.07) is 4.90. The van der Waals surface area contributed by atoms with E-state index in [9.17, 15) is 5.11 Å². The van der Waals surface area contributed by atoms with E-state index < -0.39 is 6.10 Å². The lowest BCUT2D eigenvalue weighted by Crippen LogP contribution is -1.89. The van der Waals surface area contributed by atoms with Gasteiger partial charge >= 0.3 is 0 Å². The summed E-state index contributed by atoms with van der Waals surface area (Å²) in [5.74, 6) is 0. The second-order valence-electron chi connectivity index (χ2n) is 2.31. The minimum Gasteiger partial charge on any atom is -0.228 e. The fourth-order valence-electron chi connectivity index (χ4n) is 0.831. The topological polar surface area (TPSA) is 19.9 Å². The molecule has 0 heterocycles. The summed E-state index contributed by atoms with van der Waals surface area (Å²) in [7, 11) is 0. The second kappa shape index (κ2) is 3.44. The Morgan fingerprint density at radius 2 is 2.00 bits per heavy atom. The lowest BCUT2D eigenvalue weighted by Gasteiger charge is -2.04. The zero-order valence-electron chi connectivity index (χ0n) is 5.97. The number of hydrogen-bond acceptors (Lipinski definition) is 0. The van der Waals surface area contributed by atoms with Gasteiger partial charge in [0.15, 0.2) is 0 Å². The second-order valence-corrected chi connectivity index (χ2v) is 3.15. The maximum absolute atomic E-state index is 10.9. The van der Waals surface area contributed by atoms with Gasteiger partial charge in [-0.05, 0) is 19.1 Å². The van der Waals surface area contributed by atoms with Crippen molar-refractivity contribution in [3.63, 3.8) is 0 Å². The molecular formula is C8H7Cl2O. The molecule has 3 heteroatoms. The van der Waals surface area contributed by atoms with Crippen molar-refractivity contribution in [2.24, 2.45) is 0 Å². The molecule has 0 N–H and O–H groups in total. The van der Waals surface area contributed by atoms with Gasteiger partial charge in [0.25, 0.3) is 0 Å². The van der Waals surface area contributed by atoms with Crippen LogP contribution in [-0.4, -0.2) is 0 Å². The van der Waals surface area contributed by atoms with Crippen molar-refractivity contribution in [2.45, 2.75) is 13.0 Å². The van der Waals surface area contributed by atoms with Gasteiger partial charge in [-0.1, -0.05) is 29.3 Å². The van der Waals surface area contributed by atoms with Crippen LogP contribution in [0, 0.1) is 0 Å². The lowest BCUT2D eigenvalue weighted by atomic mass is 10.1. The molecule has 0 spiro atoms. The van der Waals surface area contributed by atoms with E-state index in [4.69, 9.17) is 23.2 Å². The molecule has 1 unspecified atom stereocenters. The van der Waals surface area contributed by atoms with Crippen molar-refractivity contribution in [2.75, 3.05) is 0 Å². The molecule has 0 fully saturated rings. The molecule has 0 aliphatic rings. The Kier molecular flexibility index (Phi) is 2.77. The molecule has 0 aromatic heterocycles. The zero-order valence-corrected chi connectivity index (χ0v) is 7.49. The first-order valence-corrected chi connectivity index (χ1v) is 3.97. The highest BCUT2D eigenvalue weighted by Crippen LogP contribution is 2.25. The summed E-state index contributed by atoms with van der Waals surface area (Å²) in [5.41, 5.74) is 0.594. The van der Waals surface area contributed by atoms with Crippen molar-refractivity contribution < 1.29 is 5.11 Å². The average molecular weight is 190 g/mol. The number of halogens is 2. The van der Waals surface area contributed by atoms with Crippen LogP contribution in [-0.2, 0) is 5.11 Å². The van der Waals surface area contributed by atoms with Crippen molar-refractivity contribution in [1.29, 1.82) is 0 Å². The Balaban J connectivity index is 3.09. The van der Waals surface area contributed by atoms with Crippen LogP contribution in [0.2, 0.25) is 10.0 Å². The van der Waals surface area contributed by atoms with E-state index in [1.807, 2.05) is 0 Å². The van der Waals surface area contributed by atoms with Crippen molar-refractivity contribution in [3.8, 4) is 0 Å². The summed E-state index contributed by atoms with van der Waals surface area (Å²) >= 11 is 11.4. The third-order valence-electron chi connectivity index (χ3n) is 1.40. The fourth-order valence-corrected chi connectivity index (χ4v) is 1.39. The SMILES string of the molecule is CC([O])c1ccc(Cl)cc1Cl. The van der Waals surface area contributed by atoms with Crippen LogP contribution in [0.3, 0.4) is 0 Å². The average Bonchev–Trinajstić information content (AvgIpc) is 1.85. The maximum atomic E-state index is 10.9. The van der Waals surface area contributed by atoms with Crippen LogP contribution in [0.15, 0.2) is 18.2 Å². The minimum atomic E-state index is -0.792. The first-order chi connectivity index (χ1) is 5.11. The molecule has 1 radical (unpaired) electrons. The Bertz CT molecular complexity index is 258. The Morgan fingerprint density at radius 3 is 2.45 bits per heavy atom. The van der Waals surface area contributed by atoms with Gasteiger partial charge in [-0.2, -0.15) is 0 Å². The van der Waals surface area contributed by atoms with Crippen LogP contribution in [0.5, 0.6) is 0 Å². The van der Waals surface area contributed by atoms with E-state index in [0.717, 1.165) is 0 Å². The largest absolute Gasteiger partial charge is 0.228 e. The van der Waals surface area contributed by atoms with Gasteiger partial charge in [0.1, 0.15) is 6.10 Å². The van der Waals surface area contributed by atoms with Crippen molar-refractivity contribution >= 4 is 23.2 Å². The van der Waals surface area contributed by atoms with E-state index >= 15 is 0 Å². The van der Waals surface area contributed by atoms with Crippen LogP contribution in [0.25, 0.3) is 0 Å². The highest BCUT2D eigenvalue weighted by molar-refractivity contribution is 6.35. The third kappa shape index (κ3) is 2.09. The Morgan fingerprint density at radius 1 is 1.36 bits per heavy atom. The van der Waals surface area contributed by atoms with Crippen LogP contribution < -0.4 is 0 Å². The van der Waals surface area contributed by atoms with E-state index in [1.54, 1.807) is 25.1 Å². The van der Waals surface area contributed by atoms with Gasteiger partial charge in [-0.15, -0.1) is 0 Å². The molecule has 1 rings (SSSR count). The predicted molar refractivity (Wildman–Crippen MR) is 45.6 cm³/mol. The number of hydrogen-bond donors (Lipinski definition) is 0. The summed E-state index contributed by atoms with van der Waals surface area (Å²) in [6.45, 7) is 1.55. The number of rotatable bonds is 1. The highest BCUT2D eigenvalue weighted by Gasteiger charge is 2.06. The van der Waals surface area contributed by atoms with Gasteiger partial charge in [-0.25, -0.2) is 5.11 Å². The molecule has 1 nitrogen and oxygen atoms in total. The Hall–Kier alpha value is -0.240. The summed E-state index contributed by atoms with van der Waals surface area (Å²) in [5, 5.41) is 11.9. The van der Waals surface area contributed by atoms with Crippen LogP contribution >= 0.6 is 23.2 Å². The van der Waals surface area contributed by atoms with Crippen molar-refractivity contribution in [1.82, 2.24) is 0 Å². The quantitative estimate of drug-likeness (QED) is 0.645. The smallest absolute Gasteiger partial charge is 0.117 e. The van der Waals surface area contributed by atoms with Crippen molar-refractivity contribution in [3.05, 3.63) is 33.8 Å². The lowest BCUT2D eigenvalue weighted by molar-refractivity contribution is 0.106. The highest BCUT2D eigenvalue weighted by atomic mass is 35.5. The van der Waals surface area contributed by atoms with Crippen LogP contribution in [0.1, 0.15) is 18.6 Å². The Labute approximate surface area is 75.6 Å².